The number of hydrogen-bond acceptors (Lipinski definition) is 7. The molecular weight excluding hydrogens is 522 g/mol. The normalized spacial score (nSPS) is 20.7. The molecule has 0 fully saturated rings. The number of rotatable bonds is 8. The van der Waals surface area contributed by atoms with Crippen molar-refractivity contribution in [1.29, 1.82) is 0 Å². The maximum Gasteiger partial charge on any atom is 0.337 e. The molecule has 2 aromatic carbocycles. The second-order valence-corrected chi connectivity index (χ2v) is 11.8. The first-order valence-electron chi connectivity index (χ1n) is 14.0. The molecule has 0 amide bonds. The summed E-state index contributed by atoms with van der Waals surface area (Å²) in [5, 5.41) is 9.40. The summed E-state index contributed by atoms with van der Waals surface area (Å²) in [6.45, 7) is 13.8. The molecule has 1 N–H and O–H groups in total. The van der Waals surface area contributed by atoms with Gasteiger partial charge in [0, 0.05) is 12.3 Å². The molecule has 0 spiro atoms. The Bertz CT molecular complexity index is 1410. The molecule has 0 aromatic heterocycles. The molecule has 0 saturated heterocycles. The number of aliphatic imine (C=N–C) groups is 1. The molecular formula is C33H39NO7. The van der Waals surface area contributed by atoms with Crippen molar-refractivity contribution in [1.82, 2.24) is 0 Å². The number of aliphatic carboxylic acids is 1. The molecule has 2 heterocycles. The summed E-state index contributed by atoms with van der Waals surface area (Å²) in [5.74, 6) is -3.76. The topological polar surface area (TPSA) is 111 Å². The predicted octanol–water partition coefficient (Wildman–Crippen LogP) is 5.71. The van der Waals surface area contributed by atoms with Gasteiger partial charge in [-0.1, -0.05) is 42.0 Å². The van der Waals surface area contributed by atoms with Crippen LogP contribution in [0, 0.1) is 26.7 Å². The van der Waals surface area contributed by atoms with E-state index in [1.807, 2.05) is 41.5 Å². The van der Waals surface area contributed by atoms with Crippen molar-refractivity contribution in [3.8, 4) is 0 Å². The minimum atomic E-state index is -0.975. The van der Waals surface area contributed by atoms with Crippen molar-refractivity contribution in [3.63, 3.8) is 0 Å². The maximum absolute atomic E-state index is 13.9. The van der Waals surface area contributed by atoms with Gasteiger partial charge in [0.25, 0.3) is 0 Å². The average Bonchev–Trinajstić information content (AvgIpc) is 2.85. The van der Waals surface area contributed by atoms with E-state index in [1.54, 1.807) is 31.2 Å². The van der Waals surface area contributed by atoms with E-state index < -0.39 is 41.4 Å². The summed E-state index contributed by atoms with van der Waals surface area (Å²) >= 11 is 0. The van der Waals surface area contributed by atoms with Crippen LogP contribution in [0.4, 0.5) is 0 Å². The third-order valence-corrected chi connectivity index (χ3v) is 7.36. The summed E-state index contributed by atoms with van der Waals surface area (Å²) in [6.07, 6.45) is -0.386. The van der Waals surface area contributed by atoms with Crippen LogP contribution in [0.15, 0.2) is 52.7 Å². The average molecular weight is 562 g/mol. The second kappa shape index (κ2) is 12.0. The molecule has 2 aromatic rings. The third-order valence-electron chi connectivity index (χ3n) is 7.36. The van der Waals surface area contributed by atoms with Crippen LogP contribution in [-0.4, -0.2) is 47.5 Å². The van der Waals surface area contributed by atoms with E-state index in [4.69, 9.17) is 19.2 Å². The zero-order valence-corrected chi connectivity index (χ0v) is 24.9. The molecule has 4 rings (SSSR count). The zero-order chi connectivity index (χ0) is 30.1. The van der Waals surface area contributed by atoms with E-state index in [9.17, 15) is 19.5 Å². The standard InChI is InChI=1S/C33H39NO7/c1-8-39-31(37)30-24(17-40-33(5,6)7)34-23-16-25(27-19(3)12-18(2)13-20(27)4)41-32(38)29(23)28(30)22-11-9-10-21(14-22)15-26(35)36/h9-14,25,28,30H,8,15-17H2,1-7H3,(H,35,36). The largest absolute Gasteiger partial charge is 0.481 e. The van der Waals surface area contributed by atoms with Crippen LogP contribution in [-0.2, 0) is 35.0 Å². The lowest BCUT2D eigenvalue weighted by Gasteiger charge is -2.38. The van der Waals surface area contributed by atoms with E-state index in [0.717, 1.165) is 22.3 Å². The number of carboxylic acids is 1. The number of esters is 2. The van der Waals surface area contributed by atoms with Crippen LogP contribution in [0.3, 0.4) is 0 Å². The SMILES string of the molecule is CCOC(=O)C1C(COC(C)(C)C)=NC2=C(C(=O)OC(c3c(C)cc(C)cc3C)C2)C1c1cccc(CC(=O)O)c1. The minimum absolute atomic E-state index is 0.0668. The van der Waals surface area contributed by atoms with Crippen molar-refractivity contribution >= 4 is 23.6 Å². The second-order valence-electron chi connectivity index (χ2n) is 11.8. The first-order chi connectivity index (χ1) is 19.3. The lowest BCUT2D eigenvalue weighted by Crippen LogP contribution is -2.42. The Morgan fingerprint density at radius 3 is 2.39 bits per heavy atom. The van der Waals surface area contributed by atoms with Gasteiger partial charge in [0.15, 0.2) is 0 Å². The van der Waals surface area contributed by atoms with Gasteiger partial charge >= 0.3 is 17.9 Å². The molecule has 3 unspecified atom stereocenters. The smallest absolute Gasteiger partial charge is 0.337 e. The number of ether oxygens (including phenoxy) is 3. The van der Waals surface area contributed by atoms with Crippen molar-refractivity contribution in [2.45, 2.75) is 78.9 Å². The molecule has 8 nitrogen and oxygen atoms in total. The molecule has 0 bridgehead atoms. The Morgan fingerprint density at radius 2 is 1.78 bits per heavy atom. The number of hydrogen-bond donors (Lipinski definition) is 1. The van der Waals surface area contributed by atoms with Crippen molar-refractivity contribution in [3.05, 3.63) is 81.0 Å². The Kier molecular flexibility index (Phi) is 8.83. The number of carbonyl (C=O) groups excluding carboxylic acids is 2. The van der Waals surface area contributed by atoms with E-state index in [1.165, 1.54) is 0 Å². The Labute approximate surface area is 241 Å². The third kappa shape index (κ3) is 6.76. The number of nitrogens with zero attached hydrogens (tertiary/aromatic N) is 1. The monoisotopic (exact) mass is 561 g/mol. The fourth-order valence-electron chi connectivity index (χ4n) is 5.86. The molecule has 218 valence electrons. The van der Waals surface area contributed by atoms with E-state index >= 15 is 0 Å². The highest BCUT2D eigenvalue weighted by atomic mass is 16.5. The molecule has 0 radical (unpaired) electrons. The van der Waals surface area contributed by atoms with Gasteiger partial charge in [-0.3, -0.25) is 14.6 Å². The number of carbonyl (C=O) groups is 3. The van der Waals surface area contributed by atoms with Crippen LogP contribution in [0.25, 0.3) is 0 Å². The highest BCUT2D eigenvalue weighted by Gasteiger charge is 2.47. The van der Waals surface area contributed by atoms with Gasteiger partial charge in [0.1, 0.15) is 12.0 Å². The van der Waals surface area contributed by atoms with Crippen LogP contribution in [0.1, 0.15) is 79.5 Å². The Balaban J connectivity index is 1.89. The number of carboxylic acid groups (broad SMARTS) is 1. The van der Waals surface area contributed by atoms with Crippen LogP contribution < -0.4 is 0 Å². The molecule has 3 atom stereocenters. The summed E-state index contributed by atoms with van der Waals surface area (Å²) in [6, 6.07) is 11.1. The van der Waals surface area contributed by atoms with E-state index in [-0.39, 0.29) is 19.6 Å². The molecule has 2 aliphatic heterocycles. The fraction of sp³-hybridized carbons (Fsp3) is 0.455. The lowest BCUT2D eigenvalue weighted by atomic mass is 9.73. The zero-order valence-electron chi connectivity index (χ0n) is 24.9. The van der Waals surface area contributed by atoms with Gasteiger partial charge in [0.05, 0.1) is 42.2 Å². The lowest BCUT2D eigenvalue weighted by molar-refractivity contribution is -0.148. The first-order valence-corrected chi connectivity index (χ1v) is 14.0. The summed E-state index contributed by atoms with van der Waals surface area (Å²) < 4.78 is 17.7. The van der Waals surface area contributed by atoms with Crippen LogP contribution >= 0.6 is 0 Å². The van der Waals surface area contributed by atoms with Gasteiger partial charge in [0.2, 0.25) is 0 Å². The Morgan fingerprint density at radius 1 is 1.10 bits per heavy atom. The van der Waals surface area contributed by atoms with E-state index in [0.29, 0.717) is 34.5 Å². The predicted molar refractivity (Wildman–Crippen MR) is 155 cm³/mol. The minimum Gasteiger partial charge on any atom is -0.481 e. The van der Waals surface area contributed by atoms with E-state index in [2.05, 4.69) is 12.1 Å². The van der Waals surface area contributed by atoms with Crippen LogP contribution in [0.5, 0.6) is 0 Å². The van der Waals surface area contributed by atoms with Gasteiger partial charge in [-0.15, -0.1) is 0 Å². The molecule has 0 saturated carbocycles. The summed E-state index contributed by atoms with van der Waals surface area (Å²) in [5.41, 5.74) is 6.13. The Hall–Kier alpha value is -3.78. The molecule has 41 heavy (non-hydrogen) atoms. The summed E-state index contributed by atoms with van der Waals surface area (Å²) in [4.78, 5) is 43.8. The quantitative estimate of drug-likeness (QED) is 0.411. The molecule has 8 heteroatoms. The van der Waals surface area contributed by atoms with Gasteiger partial charge in [-0.2, -0.15) is 0 Å². The van der Waals surface area contributed by atoms with Gasteiger partial charge in [-0.05, 0) is 76.3 Å². The highest BCUT2D eigenvalue weighted by Crippen LogP contribution is 2.47. The van der Waals surface area contributed by atoms with Gasteiger partial charge in [-0.25, -0.2) is 4.79 Å². The van der Waals surface area contributed by atoms with Crippen molar-refractivity contribution in [2.75, 3.05) is 13.2 Å². The highest BCUT2D eigenvalue weighted by molar-refractivity contribution is 6.08. The number of cyclic esters (lactones) is 1. The van der Waals surface area contributed by atoms with Crippen LogP contribution in [0.2, 0.25) is 0 Å². The van der Waals surface area contributed by atoms with Crippen molar-refractivity contribution < 1.29 is 33.7 Å². The fourth-order valence-corrected chi connectivity index (χ4v) is 5.86. The number of aryl methyl sites for hydroxylation is 3. The van der Waals surface area contributed by atoms with Gasteiger partial charge < -0.3 is 19.3 Å². The summed E-state index contributed by atoms with van der Waals surface area (Å²) in [7, 11) is 0. The molecule has 2 aliphatic rings. The molecule has 0 aliphatic carbocycles. The van der Waals surface area contributed by atoms with Crippen molar-refractivity contribution in [2.24, 2.45) is 10.9 Å². The first kappa shape index (κ1) is 30.2. The maximum atomic E-state index is 13.9. The number of benzene rings is 2.